The molecule has 0 spiro atoms. The Balaban J connectivity index is 1.69. The van der Waals surface area contributed by atoms with Crippen molar-refractivity contribution in [3.8, 4) is 5.75 Å². The highest BCUT2D eigenvalue weighted by atomic mass is 16.6. The summed E-state index contributed by atoms with van der Waals surface area (Å²) in [5.74, 6) is -4.70. The summed E-state index contributed by atoms with van der Waals surface area (Å²) in [5.41, 5.74) is 1.40. The Kier molecular flexibility index (Phi) is 9.93. The van der Waals surface area contributed by atoms with Gasteiger partial charge in [-0.15, -0.1) is 0 Å². The predicted molar refractivity (Wildman–Crippen MR) is 152 cm³/mol. The minimum absolute atomic E-state index is 0.00446. The van der Waals surface area contributed by atoms with Crippen LogP contribution in [0.25, 0.3) is 0 Å². The van der Waals surface area contributed by atoms with E-state index in [2.05, 4.69) is 10.6 Å². The fraction of sp³-hybridized carbons (Fsp3) is 0.312. The summed E-state index contributed by atoms with van der Waals surface area (Å²) in [4.78, 5) is 53.3. The van der Waals surface area contributed by atoms with Crippen molar-refractivity contribution in [2.24, 2.45) is 5.92 Å². The average molecular weight is 575 g/mol. The molecule has 3 aromatic carbocycles. The molecule has 4 N–H and O–H groups in total. The molecule has 1 heterocycles. The number of nitrogens with one attached hydrogen (secondary N) is 2. The molecule has 0 aliphatic carbocycles. The van der Waals surface area contributed by atoms with Gasteiger partial charge < -0.3 is 30.3 Å². The second-order valence-electron chi connectivity index (χ2n) is 10.3. The van der Waals surface area contributed by atoms with Gasteiger partial charge in [-0.2, -0.15) is 0 Å². The third-order valence-electron chi connectivity index (χ3n) is 7.20. The van der Waals surface area contributed by atoms with Crippen molar-refractivity contribution in [1.82, 2.24) is 10.6 Å². The van der Waals surface area contributed by atoms with Crippen molar-refractivity contribution in [3.05, 3.63) is 102 Å². The summed E-state index contributed by atoms with van der Waals surface area (Å²) in [5, 5.41) is 26.8. The first-order valence-electron chi connectivity index (χ1n) is 13.7. The van der Waals surface area contributed by atoms with E-state index in [-0.39, 0.29) is 24.2 Å². The molecule has 220 valence electrons. The largest absolute Gasteiger partial charge is 0.507 e. The maximum atomic E-state index is 13.7. The number of aliphatic hydroxyl groups excluding tert-OH is 1. The van der Waals surface area contributed by atoms with E-state index < -0.39 is 60.1 Å². The van der Waals surface area contributed by atoms with Crippen LogP contribution in [0.3, 0.4) is 0 Å². The average Bonchev–Trinajstić information content (AvgIpc) is 2.99. The number of carbonyl (C=O) groups excluding carboxylic acids is 4. The number of esters is 2. The molecule has 0 radical (unpaired) electrons. The van der Waals surface area contributed by atoms with Crippen molar-refractivity contribution in [3.63, 3.8) is 0 Å². The van der Waals surface area contributed by atoms with Crippen molar-refractivity contribution < 1.29 is 38.9 Å². The van der Waals surface area contributed by atoms with Gasteiger partial charge in [-0.1, -0.05) is 72.8 Å². The van der Waals surface area contributed by atoms with Crippen molar-refractivity contribution in [2.75, 3.05) is 0 Å². The van der Waals surface area contributed by atoms with Gasteiger partial charge in [-0.25, -0.2) is 4.79 Å². The molecule has 1 aliphatic heterocycles. The standard InChI is InChI=1S/C32H34N2O8/c1-19-28(36)24(17-21-11-5-3-6-12-21)33-30(38)27(34-29(37)23-15-9-10-16-25(23)35)20(2)41-32(40)26(42-31(19)39)18-22-13-7-4-8-14-22/h3-16,19-20,24,26-28,35-36H,17-18H2,1-2H3,(H,33,38)(H,34,37)/t19-,20-,24+,26?,27+,28+/m1/s1. The number of phenols is 1. The van der Waals surface area contributed by atoms with Gasteiger partial charge in [-0.05, 0) is 43.5 Å². The van der Waals surface area contributed by atoms with Crippen LogP contribution in [0.4, 0.5) is 0 Å². The van der Waals surface area contributed by atoms with Crippen molar-refractivity contribution >= 4 is 23.8 Å². The third-order valence-corrected chi connectivity index (χ3v) is 7.20. The molecule has 4 rings (SSSR count). The molecule has 0 saturated carbocycles. The number of phenolic OH excluding ortho intramolecular Hbond substituents is 1. The molecule has 1 aliphatic rings. The van der Waals surface area contributed by atoms with E-state index in [0.717, 1.165) is 5.56 Å². The molecule has 3 aromatic rings. The lowest BCUT2D eigenvalue weighted by molar-refractivity contribution is -0.177. The Labute approximate surface area is 243 Å². The van der Waals surface area contributed by atoms with Crippen LogP contribution >= 0.6 is 0 Å². The minimum Gasteiger partial charge on any atom is -0.507 e. The van der Waals surface area contributed by atoms with E-state index in [4.69, 9.17) is 9.47 Å². The quantitative estimate of drug-likeness (QED) is 0.328. The number of cyclic esters (lactones) is 2. The Morgan fingerprint density at radius 3 is 2.00 bits per heavy atom. The summed E-state index contributed by atoms with van der Waals surface area (Å²) in [7, 11) is 0. The van der Waals surface area contributed by atoms with Gasteiger partial charge in [0.25, 0.3) is 5.91 Å². The number of para-hydroxylation sites is 1. The summed E-state index contributed by atoms with van der Waals surface area (Å²) in [6.07, 6.45) is -3.85. The van der Waals surface area contributed by atoms with Crippen LogP contribution in [0.15, 0.2) is 84.9 Å². The van der Waals surface area contributed by atoms with Crippen LogP contribution < -0.4 is 10.6 Å². The van der Waals surface area contributed by atoms with Gasteiger partial charge in [0, 0.05) is 6.42 Å². The number of aliphatic hydroxyl groups is 1. The molecule has 1 unspecified atom stereocenters. The van der Waals surface area contributed by atoms with E-state index in [1.807, 2.05) is 30.3 Å². The first-order chi connectivity index (χ1) is 20.1. The molecule has 10 nitrogen and oxygen atoms in total. The number of hydrogen-bond donors (Lipinski definition) is 4. The van der Waals surface area contributed by atoms with Crippen molar-refractivity contribution in [2.45, 2.75) is 57.1 Å². The van der Waals surface area contributed by atoms with Crippen LogP contribution in [0, 0.1) is 5.92 Å². The lowest BCUT2D eigenvalue weighted by atomic mass is 9.92. The number of hydrogen-bond acceptors (Lipinski definition) is 8. The van der Waals surface area contributed by atoms with Crippen LogP contribution in [0.5, 0.6) is 5.75 Å². The fourth-order valence-electron chi connectivity index (χ4n) is 4.74. The Morgan fingerprint density at radius 2 is 1.38 bits per heavy atom. The minimum atomic E-state index is -1.42. The van der Waals surface area contributed by atoms with E-state index in [1.165, 1.54) is 26.0 Å². The first kappa shape index (κ1) is 30.3. The molecule has 1 saturated heterocycles. The van der Waals surface area contributed by atoms with Gasteiger partial charge in [0.05, 0.1) is 23.6 Å². The zero-order chi connectivity index (χ0) is 30.2. The van der Waals surface area contributed by atoms with Crippen LogP contribution in [-0.4, -0.2) is 64.4 Å². The number of rotatable bonds is 6. The highest BCUT2D eigenvalue weighted by Gasteiger charge is 2.40. The zero-order valence-electron chi connectivity index (χ0n) is 23.3. The number of ether oxygens (including phenoxy) is 2. The van der Waals surface area contributed by atoms with Crippen LogP contribution in [-0.2, 0) is 36.7 Å². The monoisotopic (exact) mass is 574 g/mol. The van der Waals surface area contributed by atoms with Gasteiger partial charge in [-0.3, -0.25) is 14.4 Å². The molecular weight excluding hydrogens is 540 g/mol. The number of benzene rings is 3. The summed E-state index contributed by atoms with van der Waals surface area (Å²) in [6, 6.07) is 21.4. The molecule has 2 amide bonds. The number of amides is 2. The summed E-state index contributed by atoms with van der Waals surface area (Å²) in [6.45, 7) is 2.87. The third kappa shape index (κ3) is 7.52. The highest BCUT2D eigenvalue weighted by Crippen LogP contribution is 2.20. The SMILES string of the molecule is C[C@H]1OC(=O)C(Cc2ccccc2)OC(=O)[C@H](C)[C@H](O)[C@H](Cc2ccccc2)NC(=O)[C@H]1NC(=O)c1ccccc1O. The second kappa shape index (κ2) is 13.8. The van der Waals surface area contributed by atoms with E-state index in [1.54, 1.807) is 42.5 Å². The first-order valence-corrected chi connectivity index (χ1v) is 13.7. The van der Waals surface area contributed by atoms with Crippen molar-refractivity contribution in [1.29, 1.82) is 0 Å². The molecule has 42 heavy (non-hydrogen) atoms. The Bertz CT molecular complexity index is 1400. The van der Waals surface area contributed by atoms with E-state index >= 15 is 0 Å². The van der Waals surface area contributed by atoms with Crippen LogP contribution in [0.2, 0.25) is 0 Å². The molecule has 6 atom stereocenters. The molecule has 0 aromatic heterocycles. The zero-order valence-corrected chi connectivity index (χ0v) is 23.3. The maximum Gasteiger partial charge on any atom is 0.348 e. The van der Waals surface area contributed by atoms with Gasteiger partial charge in [0.1, 0.15) is 17.9 Å². The molecule has 1 fully saturated rings. The summed E-state index contributed by atoms with van der Waals surface area (Å²) < 4.78 is 11.2. The van der Waals surface area contributed by atoms with E-state index in [9.17, 15) is 29.4 Å². The smallest absolute Gasteiger partial charge is 0.348 e. The van der Waals surface area contributed by atoms with Gasteiger partial charge in [0.15, 0.2) is 0 Å². The molecule has 0 bridgehead atoms. The molecular formula is C32H34N2O8. The lowest BCUT2D eigenvalue weighted by Crippen LogP contribution is -2.59. The Morgan fingerprint density at radius 1 is 0.810 bits per heavy atom. The van der Waals surface area contributed by atoms with Gasteiger partial charge >= 0.3 is 11.9 Å². The maximum absolute atomic E-state index is 13.7. The normalized spacial score (nSPS) is 25.2. The van der Waals surface area contributed by atoms with Crippen LogP contribution in [0.1, 0.15) is 35.3 Å². The number of carbonyl (C=O) groups is 4. The van der Waals surface area contributed by atoms with E-state index in [0.29, 0.717) is 5.56 Å². The van der Waals surface area contributed by atoms with Gasteiger partial charge in [0.2, 0.25) is 12.0 Å². The number of aromatic hydroxyl groups is 1. The Hall–Kier alpha value is -4.70. The second-order valence-corrected chi connectivity index (χ2v) is 10.3. The lowest BCUT2D eigenvalue weighted by Gasteiger charge is -2.33. The predicted octanol–water partition coefficient (Wildman–Crippen LogP) is 2.31. The fourth-order valence-corrected chi connectivity index (χ4v) is 4.74. The summed E-state index contributed by atoms with van der Waals surface area (Å²) >= 11 is 0. The topological polar surface area (TPSA) is 151 Å². The highest BCUT2D eigenvalue weighted by molar-refractivity contribution is 6.00. The molecule has 10 heteroatoms.